The van der Waals surface area contributed by atoms with E-state index < -0.39 is 0 Å². The molecule has 0 radical (unpaired) electrons. The molecule has 2 heterocycles. The van der Waals surface area contributed by atoms with Crippen LogP contribution in [0.15, 0.2) is 24.5 Å². The Morgan fingerprint density at radius 1 is 1.26 bits per heavy atom. The molecule has 122 valence electrons. The molecule has 8 heteroatoms. The summed E-state index contributed by atoms with van der Waals surface area (Å²) in [5.74, 6) is 0.509. The van der Waals surface area contributed by atoms with Crippen molar-refractivity contribution in [3.63, 3.8) is 0 Å². The van der Waals surface area contributed by atoms with E-state index >= 15 is 0 Å². The van der Waals surface area contributed by atoms with Gasteiger partial charge in [0.2, 0.25) is 0 Å². The number of anilines is 5. The summed E-state index contributed by atoms with van der Waals surface area (Å²) in [6.45, 7) is 3.84. The maximum atomic E-state index is 5.98. The van der Waals surface area contributed by atoms with Gasteiger partial charge >= 0.3 is 0 Å². The summed E-state index contributed by atoms with van der Waals surface area (Å²) in [6, 6.07) is 6.18. The number of halogens is 1. The molecule has 0 spiro atoms. The predicted octanol–water partition coefficient (Wildman–Crippen LogP) is 1.91. The molecule has 5 N–H and O–H groups in total. The van der Waals surface area contributed by atoms with E-state index in [1.165, 1.54) is 6.33 Å². The first-order chi connectivity index (χ1) is 11.2. The maximum absolute atomic E-state index is 5.98. The summed E-state index contributed by atoms with van der Waals surface area (Å²) in [5.41, 5.74) is 9.36. The largest absolute Gasteiger partial charge is 0.393 e. The Balaban J connectivity index is 1.96. The maximum Gasteiger partial charge on any atom is 0.158 e. The molecular formula is C15H20ClN7. The minimum Gasteiger partial charge on any atom is -0.393 e. The van der Waals surface area contributed by atoms with Crippen LogP contribution in [0.5, 0.6) is 0 Å². The van der Waals surface area contributed by atoms with Crippen molar-refractivity contribution >= 4 is 40.2 Å². The lowest BCUT2D eigenvalue weighted by atomic mass is 10.2. The Labute approximate surface area is 140 Å². The van der Waals surface area contributed by atoms with Gasteiger partial charge in [-0.15, -0.1) is 0 Å². The third-order valence-corrected chi connectivity index (χ3v) is 4.13. The minimum absolute atomic E-state index is 0.246. The molecule has 0 atom stereocenters. The van der Waals surface area contributed by atoms with Gasteiger partial charge in [0.15, 0.2) is 11.0 Å². The molecule has 0 saturated carbocycles. The summed E-state index contributed by atoms with van der Waals surface area (Å²) in [5, 5.41) is 10.0. The molecule has 1 fully saturated rings. The first kappa shape index (κ1) is 15.6. The van der Waals surface area contributed by atoms with E-state index in [0.717, 1.165) is 43.2 Å². The second kappa shape index (κ2) is 6.89. The van der Waals surface area contributed by atoms with E-state index in [1.54, 1.807) is 0 Å². The van der Waals surface area contributed by atoms with Crippen LogP contribution in [0.3, 0.4) is 0 Å². The first-order valence-electron chi connectivity index (χ1n) is 7.49. The Morgan fingerprint density at radius 2 is 2.04 bits per heavy atom. The van der Waals surface area contributed by atoms with Crippen LogP contribution in [0.2, 0.25) is 5.15 Å². The van der Waals surface area contributed by atoms with E-state index in [2.05, 4.69) is 43.0 Å². The molecule has 1 aromatic heterocycles. The number of nitrogen functional groups attached to an aromatic ring is 1. The third-order valence-electron chi connectivity index (χ3n) is 3.83. The van der Waals surface area contributed by atoms with Gasteiger partial charge in [-0.1, -0.05) is 11.6 Å². The number of aromatic nitrogens is 2. The molecule has 23 heavy (non-hydrogen) atoms. The molecule has 1 saturated heterocycles. The van der Waals surface area contributed by atoms with Gasteiger partial charge < -0.3 is 26.6 Å². The number of nitrogens with one attached hydrogen (secondary N) is 3. The standard InChI is InChI=1S/C15H20ClN7/c1-18-10-2-3-12(23-6-4-19-5-7-23)11(8-10)22-15-13(17)14(16)20-9-21-15/h2-3,8-9,18-19H,4-7,17H2,1H3,(H,20,21,22). The van der Waals surface area contributed by atoms with Crippen LogP contribution >= 0.6 is 11.6 Å². The highest BCUT2D eigenvalue weighted by Gasteiger charge is 2.16. The zero-order valence-electron chi connectivity index (χ0n) is 12.9. The van der Waals surface area contributed by atoms with Gasteiger partial charge in [0, 0.05) is 38.9 Å². The molecule has 2 aromatic rings. The van der Waals surface area contributed by atoms with Gasteiger partial charge in [0.25, 0.3) is 0 Å². The van der Waals surface area contributed by atoms with E-state index in [-0.39, 0.29) is 5.15 Å². The average molecular weight is 334 g/mol. The number of hydrogen-bond donors (Lipinski definition) is 4. The van der Waals surface area contributed by atoms with Crippen molar-refractivity contribution in [3.8, 4) is 0 Å². The topological polar surface area (TPSA) is 91.1 Å². The highest BCUT2D eigenvalue weighted by Crippen LogP contribution is 2.34. The fraction of sp³-hybridized carbons (Fsp3) is 0.333. The van der Waals surface area contributed by atoms with Crippen molar-refractivity contribution in [1.82, 2.24) is 15.3 Å². The first-order valence-corrected chi connectivity index (χ1v) is 7.87. The fourth-order valence-electron chi connectivity index (χ4n) is 2.57. The van der Waals surface area contributed by atoms with Crippen LogP contribution < -0.4 is 26.6 Å². The number of hydrogen-bond acceptors (Lipinski definition) is 7. The van der Waals surface area contributed by atoms with E-state index in [9.17, 15) is 0 Å². The smallest absolute Gasteiger partial charge is 0.158 e. The molecule has 3 rings (SSSR count). The summed E-state index contributed by atoms with van der Waals surface area (Å²) in [4.78, 5) is 10.4. The van der Waals surface area contributed by atoms with Crippen LogP contribution in [0.4, 0.5) is 28.6 Å². The predicted molar refractivity (Wildman–Crippen MR) is 95.8 cm³/mol. The van der Waals surface area contributed by atoms with Crippen LogP contribution in [0.1, 0.15) is 0 Å². The van der Waals surface area contributed by atoms with Gasteiger partial charge in [-0.3, -0.25) is 0 Å². The summed E-state index contributed by atoms with van der Waals surface area (Å²) in [6.07, 6.45) is 1.40. The van der Waals surface area contributed by atoms with Crippen molar-refractivity contribution in [2.24, 2.45) is 0 Å². The number of benzene rings is 1. The third kappa shape index (κ3) is 3.40. The highest BCUT2D eigenvalue weighted by molar-refractivity contribution is 6.32. The monoisotopic (exact) mass is 333 g/mol. The van der Waals surface area contributed by atoms with Gasteiger partial charge in [-0.2, -0.15) is 0 Å². The van der Waals surface area contributed by atoms with Crippen molar-refractivity contribution in [1.29, 1.82) is 0 Å². The van der Waals surface area contributed by atoms with E-state index in [4.69, 9.17) is 17.3 Å². The Hall–Kier alpha value is -2.25. The van der Waals surface area contributed by atoms with Crippen LogP contribution in [0, 0.1) is 0 Å². The molecule has 0 aliphatic carbocycles. The van der Waals surface area contributed by atoms with Gasteiger partial charge in [-0.05, 0) is 18.2 Å². The van der Waals surface area contributed by atoms with E-state index in [1.807, 2.05) is 13.1 Å². The zero-order chi connectivity index (χ0) is 16.2. The van der Waals surface area contributed by atoms with Crippen molar-refractivity contribution < 1.29 is 0 Å². The van der Waals surface area contributed by atoms with Gasteiger partial charge in [0.05, 0.1) is 11.4 Å². The van der Waals surface area contributed by atoms with Crippen LogP contribution in [0.25, 0.3) is 0 Å². The molecule has 1 aromatic carbocycles. The zero-order valence-corrected chi connectivity index (χ0v) is 13.7. The number of rotatable bonds is 4. The molecule has 1 aliphatic rings. The number of piperazine rings is 1. The second-order valence-electron chi connectivity index (χ2n) is 5.27. The second-order valence-corrected chi connectivity index (χ2v) is 5.63. The highest BCUT2D eigenvalue weighted by atomic mass is 35.5. The lowest BCUT2D eigenvalue weighted by Crippen LogP contribution is -2.43. The normalized spacial score (nSPS) is 14.6. The fourth-order valence-corrected chi connectivity index (χ4v) is 2.71. The van der Waals surface area contributed by atoms with Gasteiger partial charge in [-0.25, -0.2) is 9.97 Å². The van der Waals surface area contributed by atoms with Crippen molar-refractivity contribution in [2.45, 2.75) is 0 Å². The molecule has 7 nitrogen and oxygen atoms in total. The van der Waals surface area contributed by atoms with Crippen molar-refractivity contribution in [2.75, 3.05) is 54.5 Å². The molecule has 1 aliphatic heterocycles. The van der Waals surface area contributed by atoms with Crippen LogP contribution in [-0.2, 0) is 0 Å². The molecule has 0 amide bonds. The quantitative estimate of drug-likeness (QED) is 0.635. The molecular weight excluding hydrogens is 314 g/mol. The Kier molecular flexibility index (Phi) is 4.68. The van der Waals surface area contributed by atoms with Crippen molar-refractivity contribution in [3.05, 3.63) is 29.7 Å². The molecule has 0 bridgehead atoms. The average Bonchev–Trinajstić information content (AvgIpc) is 2.59. The summed E-state index contributed by atoms with van der Waals surface area (Å²) in [7, 11) is 1.89. The Bertz CT molecular complexity index is 686. The minimum atomic E-state index is 0.246. The SMILES string of the molecule is CNc1ccc(N2CCNCC2)c(Nc2ncnc(Cl)c2N)c1. The lowest BCUT2D eigenvalue weighted by Gasteiger charge is -2.31. The van der Waals surface area contributed by atoms with E-state index in [0.29, 0.717) is 11.5 Å². The van der Waals surface area contributed by atoms with Gasteiger partial charge in [0.1, 0.15) is 12.0 Å². The summed E-state index contributed by atoms with van der Waals surface area (Å²) < 4.78 is 0. The molecule has 0 unspecified atom stereocenters. The summed E-state index contributed by atoms with van der Waals surface area (Å²) >= 11 is 5.98. The van der Waals surface area contributed by atoms with Crippen LogP contribution in [-0.4, -0.2) is 43.2 Å². The Morgan fingerprint density at radius 3 is 2.78 bits per heavy atom. The lowest BCUT2D eigenvalue weighted by molar-refractivity contribution is 0.589. The number of nitrogens with zero attached hydrogens (tertiary/aromatic N) is 3. The number of nitrogens with two attached hydrogens (primary N) is 1.